The molecule has 1 amide bonds. The van der Waals surface area contributed by atoms with E-state index >= 15 is 0 Å². The van der Waals surface area contributed by atoms with Crippen LogP contribution >= 0.6 is 27.3 Å². The lowest BCUT2D eigenvalue weighted by Crippen LogP contribution is -2.41. The topological polar surface area (TPSA) is 67.6 Å². The molecular formula is C19H18BrNO4S2. The molecule has 2 aromatic heterocycles. The lowest BCUT2D eigenvalue weighted by Gasteiger charge is -2.28. The first kappa shape index (κ1) is 18.7. The van der Waals surface area contributed by atoms with Gasteiger partial charge in [0.1, 0.15) is 5.58 Å². The van der Waals surface area contributed by atoms with Crippen LogP contribution in [0.2, 0.25) is 0 Å². The molecule has 1 aliphatic rings. The Balaban J connectivity index is 1.60. The van der Waals surface area contributed by atoms with Crippen molar-refractivity contribution >= 4 is 54.0 Å². The van der Waals surface area contributed by atoms with Crippen LogP contribution in [0.3, 0.4) is 0 Å². The summed E-state index contributed by atoms with van der Waals surface area (Å²) < 4.78 is 30.4. The Hall–Kier alpha value is -1.64. The van der Waals surface area contributed by atoms with Gasteiger partial charge in [0.2, 0.25) is 5.91 Å². The molecule has 142 valence electrons. The molecule has 3 aromatic rings. The Labute approximate surface area is 170 Å². The summed E-state index contributed by atoms with van der Waals surface area (Å²) in [7, 11) is -3.07. The summed E-state index contributed by atoms with van der Waals surface area (Å²) in [5.41, 5.74) is 1.54. The fraction of sp³-hybridized carbons (Fsp3) is 0.316. The van der Waals surface area contributed by atoms with Crippen LogP contribution in [0.1, 0.15) is 16.9 Å². The molecule has 4 rings (SSSR count). The molecular weight excluding hydrogens is 450 g/mol. The molecule has 0 saturated carbocycles. The minimum atomic E-state index is -3.07. The third-order valence-electron chi connectivity index (χ3n) is 4.83. The van der Waals surface area contributed by atoms with Crippen LogP contribution in [0, 0.1) is 0 Å². The highest BCUT2D eigenvalue weighted by atomic mass is 79.9. The second kappa shape index (κ2) is 7.41. The van der Waals surface area contributed by atoms with E-state index in [9.17, 15) is 13.2 Å². The van der Waals surface area contributed by atoms with E-state index in [-0.39, 0.29) is 29.9 Å². The zero-order valence-corrected chi connectivity index (χ0v) is 17.6. The predicted octanol–water partition coefficient (Wildman–Crippen LogP) is 4.02. The minimum Gasteiger partial charge on any atom is -0.464 e. The highest BCUT2D eigenvalue weighted by molar-refractivity contribution is 9.10. The zero-order valence-electron chi connectivity index (χ0n) is 14.4. The van der Waals surface area contributed by atoms with Crippen LogP contribution in [-0.2, 0) is 27.6 Å². The van der Waals surface area contributed by atoms with Crippen molar-refractivity contribution in [2.24, 2.45) is 0 Å². The second-order valence-electron chi connectivity index (χ2n) is 6.74. The number of benzene rings is 1. The lowest BCUT2D eigenvalue weighted by atomic mass is 10.1. The molecule has 1 atom stereocenters. The predicted molar refractivity (Wildman–Crippen MR) is 110 cm³/mol. The van der Waals surface area contributed by atoms with Gasteiger partial charge in [-0.15, -0.1) is 11.3 Å². The average Bonchev–Trinajstić information content (AvgIpc) is 3.34. The van der Waals surface area contributed by atoms with E-state index in [2.05, 4.69) is 15.9 Å². The van der Waals surface area contributed by atoms with Gasteiger partial charge >= 0.3 is 0 Å². The van der Waals surface area contributed by atoms with Crippen molar-refractivity contribution in [3.63, 3.8) is 0 Å². The van der Waals surface area contributed by atoms with Gasteiger partial charge in [-0.2, -0.15) is 0 Å². The molecule has 0 radical (unpaired) electrons. The van der Waals surface area contributed by atoms with Crippen LogP contribution in [0.4, 0.5) is 0 Å². The Morgan fingerprint density at radius 2 is 2.19 bits per heavy atom. The molecule has 5 nitrogen and oxygen atoms in total. The third kappa shape index (κ3) is 4.12. The van der Waals surface area contributed by atoms with Gasteiger partial charge in [-0.1, -0.05) is 22.0 Å². The number of amides is 1. The van der Waals surface area contributed by atoms with Crippen molar-refractivity contribution in [2.45, 2.75) is 25.4 Å². The SMILES string of the molecule is O=C(Cc1coc2ccc(Br)cc12)N(Cc1cccs1)C1CCS(=O)(=O)C1. The highest BCUT2D eigenvalue weighted by Gasteiger charge is 2.35. The standard InChI is InChI=1S/C19H18BrNO4S2/c20-14-3-4-18-17(9-14)13(11-25-18)8-19(22)21(10-16-2-1-6-26-16)15-5-7-27(23,24)12-15/h1-4,6,9,11,15H,5,7-8,10,12H2. The Bertz CT molecular complexity index is 1070. The Morgan fingerprint density at radius 3 is 2.89 bits per heavy atom. The molecule has 1 aromatic carbocycles. The van der Waals surface area contributed by atoms with E-state index in [1.165, 1.54) is 0 Å². The number of thiophene rings is 1. The van der Waals surface area contributed by atoms with E-state index in [1.54, 1.807) is 22.5 Å². The first-order valence-electron chi connectivity index (χ1n) is 8.59. The maximum atomic E-state index is 13.1. The summed E-state index contributed by atoms with van der Waals surface area (Å²) in [5, 5.41) is 2.86. The monoisotopic (exact) mass is 467 g/mol. The lowest BCUT2D eigenvalue weighted by molar-refractivity contribution is -0.133. The highest BCUT2D eigenvalue weighted by Crippen LogP contribution is 2.27. The molecule has 0 aliphatic carbocycles. The Kier molecular flexibility index (Phi) is 5.13. The smallest absolute Gasteiger partial charge is 0.227 e. The van der Waals surface area contributed by atoms with E-state index in [1.807, 2.05) is 35.7 Å². The largest absolute Gasteiger partial charge is 0.464 e. The van der Waals surface area contributed by atoms with E-state index in [4.69, 9.17) is 4.42 Å². The molecule has 1 fully saturated rings. The molecule has 1 aliphatic heterocycles. The molecule has 27 heavy (non-hydrogen) atoms. The van der Waals surface area contributed by atoms with E-state index in [0.29, 0.717) is 13.0 Å². The molecule has 0 spiro atoms. The molecule has 1 unspecified atom stereocenters. The van der Waals surface area contributed by atoms with Gasteiger partial charge in [0, 0.05) is 26.3 Å². The van der Waals surface area contributed by atoms with E-state index < -0.39 is 9.84 Å². The van der Waals surface area contributed by atoms with Crippen molar-refractivity contribution in [2.75, 3.05) is 11.5 Å². The minimum absolute atomic E-state index is 0.0435. The number of rotatable bonds is 5. The summed E-state index contributed by atoms with van der Waals surface area (Å²) in [6, 6.07) is 9.33. The van der Waals surface area contributed by atoms with Crippen molar-refractivity contribution in [1.82, 2.24) is 4.90 Å². The number of halogens is 1. The number of fused-ring (bicyclic) bond motifs is 1. The molecule has 3 heterocycles. The van der Waals surface area contributed by atoms with Gasteiger partial charge in [-0.3, -0.25) is 4.79 Å². The summed E-state index contributed by atoms with van der Waals surface area (Å²) >= 11 is 5.02. The van der Waals surface area contributed by atoms with Crippen LogP contribution in [-0.4, -0.2) is 36.8 Å². The summed E-state index contributed by atoms with van der Waals surface area (Å²) in [6.07, 6.45) is 2.30. The van der Waals surface area contributed by atoms with Crippen LogP contribution < -0.4 is 0 Å². The van der Waals surface area contributed by atoms with Gasteiger partial charge < -0.3 is 9.32 Å². The maximum absolute atomic E-state index is 13.1. The fourth-order valence-electron chi connectivity index (χ4n) is 3.47. The quantitative estimate of drug-likeness (QED) is 0.568. The van der Waals surface area contributed by atoms with Gasteiger partial charge in [-0.05, 0) is 36.1 Å². The third-order valence-corrected chi connectivity index (χ3v) is 7.94. The maximum Gasteiger partial charge on any atom is 0.227 e. The number of carbonyl (C=O) groups excluding carboxylic acids is 1. The molecule has 8 heteroatoms. The van der Waals surface area contributed by atoms with Crippen molar-refractivity contribution in [1.29, 1.82) is 0 Å². The fourth-order valence-corrected chi connectivity index (χ4v) is 6.26. The van der Waals surface area contributed by atoms with Gasteiger partial charge in [0.25, 0.3) is 0 Å². The van der Waals surface area contributed by atoms with Gasteiger partial charge in [-0.25, -0.2) is 8.42 Å². The number of sulfone groups is 1. The van der Waals surface area contributed by atoms with Crippen molar-refractivity contribution in [3.05, 3.63) is 56.9 Å². The summed E-state index contributed by atoms with van der Waals surface area (Å²) in [4.78, 5) is 15.9. The first-order valence-corrected chi connectivity index (χ1v) is 12.1. The van der Waals surface area contributed by atoms with Crippen molar-refractivity contribution < 1.29 is 17.6 Å². The molecule has 0 bridgehead atoms. The van der Waals surface area contributed by atoms with Crippen LogP contribution in [0.25, 0.3) is 11.0 Å². The molecule has 1 saturated heterocycles. The number of furan rings is 1. The van der Waals surface area contributed by atoms with Crippen LogP contribution in [0.5, 0.6) is 0 Å². The summed E-state index contributed by atoms with van der Waals surface area (Å²) in [6.45, 7) is 0.441. The first-order chi connectivity index (χ1) is 12.9. The number of nitrogens with zero attached hydrogens (tertiary/aromatic N) is 1. The number of hydrogen-bond donors (Lipinski definition) is 0. The zero-order chi connectivity index (χ0) is 19.0. The Morgan fingerprint density at radius 1 is 1.33 bits per heavy atom. The van der Waals surface area contributed by atoms with Gasteiger partial charge in [0.05, 0.1) is 30.7 Å². The number of carbonyl (C=O) groups is 1. The number of hydrogen-bond acceptors (Lipinski definition) is 5. The second-order valence-corrected chi connectivity index (χ2v) is 10.9. The molecule has 0 N–H and O–H groups in total. The normalized spacial score (nSPS) is 18.8. The van der Waals surface area contributed by atoms with E-state index in [0.717, 1.165) is 25.9 Å². The van der Waals surface area contributed by atoms with Gasteiger partial charge in [0.15, 0.2) is 9.84 Å². The average molecular weight is 468 g/mol. The van der Waals surface area contributed by atoms with Crippen LogP contribution in [0.15, 0.2) is 50.9 Å². The van der Waals surface area contributed by atoms with Crippen molar-refractivity contribution in [3.8, 4) is 0 Å². The summed E-state index contributed by atoms with van der Waals surface area (Å²) in [5.74, 6) is 0.114.